The first kappa shape index (κ1) is 16.6. The minimum atomic E-state index is -0.879. The third kappa shape index (κ3) is 3.19. The van der Waals surface area contributed by atoms with Gasteiger partial charge in [0.25, 0.3) is 0 Å². The number of ether oxygens (including phenoxy) is 1. The number of carboxylic acids is 1. The van der Waals surface area contributed by atoms with Gasteiger partial charge in [-0.05, 0) is 38.0 Å². The number of benzene rings is 1. The molecule has 1 aromatic carbocycles. The summed E-state index contributed by atoms with van der Waals surface area (Å²) in [6, 6.07) is 3.34. The molecule has 0 bridgehead atoms. The number of carbonyl (C=O) groups is 2. The van der Waals surface area contributed by atoms with Crippen LogP contribution in [0.1, 0.15) is 18.9 Å². The molecule has 1 heterocycles. The molecule has 0 radical (unpaired) electrons. The van der Waals surface area contributed by atoms with Crippen LogP contribution >= 0.6 is 15.9 Å². The van der Waals surface area contributed by atoms with Crippen molar-refractivity contribution in [2.45, 2.75) is 20.3 Å². The molecule has 22 heavy (non-hydrogen) atoms. The zero-order valence-electron chi connectivity index (χ0n) is 12.8. The quantitative estimate of drug-likeness (QED) is 0.856. The maximum atomic E-state index is 12.4. The lowest BCUT2D eigenvalue weighted by molar-refractivity contribution is -0.146. The van der Waals surface area contributed by atoms with Crippen LogP contribution in [0.3, 0.4) is 0 Å². The van der Waals surface area contributed by atoms with Crippen molar-refractivity contribution in [2.24, 2.45) is 5.41 Å². The van der Waals surface area contributed by atoms with Crippen molar-refractivity contribution >= 4 is 33.6 Å². The van der Waals surface area contributed by atoms with Crippen LogP contribution in [0.5, 0.6) is 5.75 Å². The molecule has 2 rings (SSSR count). The number of anilines is 1. The standard InChI is InChI=1S/C15H19BrN2O4/c1-9-6-10(16)7-11(22-3)12(9)17-14(21)18-5-4-15(2,8-18)13(19)20/h6-7H,4-5,8H2,1-3H3,(H,17,21)(H,19,20). The van der Waals surface area contributed by atoms with E-state index < -0.39 is 11.4 Å². The van der Waals surface area contributed by atoms with E-state index in [0.717, 1.165) is 10.0 Å². The molecule has 1 aliphatic rings. The number of rotatable bonds is 3. The van der Waals surface area contributed by atoms with Crippen molar-refractivity contribution in [2.75, 3.05) is 25.5 Å². The summed E-state index contributed by atoms with van der Waals surface area (Å²) in [4.78, 5) is 25.2. The number of nitrogens with zero attached hydrogens (tertiary/aromatic N) is 1. The second kappa shape index (κ2) is 6.16. The minimum Gasteiger partial charge on any atom is -0.495 e. The Morgan fingerprint density at radius 1 is 1.45 bits per heavy atom. The minimum absolute atomic E-state index is 0.200. The largest absolute Gasteiger partial charge is 0.495 e. The summed E-state index contributed by atoms with van der Waals surface area (Å²) in [7, 11) is 1.54. The van der Waals surface area contributed by atoms with E-state index in [1.54, 1.807) is 13.0 Å². The molecule has 1 aliphatic heterocycles. The molecule has 2 amide bonds. The zero-order chi connectivity index (χ0) is 16.5. The number of aryl methyl sites for hydroxylation is 1. The maximum absolute atomic E-state index is 12.4. The van der Waals surface area contributed by atoms with Gasteiger partial charge < -0.3 is 20.1 Å². The van der Waals surface area contributed by atoms with Gasteiger partial charge in [0.05, 0.1) is 18.2 Å². The van der Waals surface area contributed by atoms with Crippen LogP contribution in [-0.4, -0.2) is 42.2 Å². The highest BCUT2D eigenvalue weighted by Crippen LogP contribution is 2.34. The molecule has 1 fully saturated rings. The number of hydrogen-bond donors (Lipinski definition) is 2. The zero-order valence-corrected chi connectivity index (χ0v) is 14.4. The maximum Gasteiger partial charge on any atom is 0.321 e. The van der Waals surface area contributed by atoms with Crippen LogP contribution in [0.15, 0.2) is 16.6 Å². The number of urea groups is 1. The fourth-order valence-electron chi connectivity index (χ4n) is 2.53. The summed E-state index contributed by atoms with van der Waals surface area (Å²) in [6.45, 7) is 4.15. The molecule has 120 valence electrons. The van der Waals surface area contributed by atoms with Gasteiger partial charge in [0, 0.05) is 17.6 Å². The highest BCUT2D eigenvalue weighted by molar-refractivity contribution is 9.10. The lowest BCUT2D eigenvalue weighted by atomic mass is 9.90. The van der Waals surface area contributed by atoms with Crippen LogP contribution in [0.4, 0.5) is 10.5 Å². The lowest BCUT2D eigenvalue weighted by Gasteiger charge is -2.22. The SMILES string of the molecule is COc1cc(Br)cc(C)c1NC(=O)N1CCC(C)(C(=O)O)C1. The summed E-state index contributed by atoms with van der Waals surface area (Å²) >= 11 is 3.38. The Morgan fingerprint density at radius 2 is 2.14 bits per heavy atom. The number of likely N-dealkylation sites (tertiary alicyclic amines) is 1. The van der Waals surface area contributed by atoms with Crippen LogP contribution in [0.25, 0.3) is 0 Å². The first-order valence-electron chi connectivity index (χ1n) is 6.90. The first-order chi connectivity index (χ1) is 10.3. The number of amides is 2. The van der Waals surface area contributed by atoms with E-state index in [0.29, 0.717) is 24.4 Å². The van der Waals surface area contributed by atoms with E-state index in [-0.39, 0.29) is 12.6 Å². The molecule has 6 nitrogen and oxygen atoms in total. The Bertz CT molecular complexity index is 620. The van der Waals surface area contributed by atoms with Crippen molar-refractivity contribution in [3.8, 4) is 5.75 Å². The van der Waals surface area contributed by atoms with Gasteiger partial charge in [-0.3, -0.25) is 4.79 Å². The van der Waals surface area contributed by atoms with Crippen LogP contribution in [-0.2, 0) is 4.79 Å². The summed E-state index contributed by atoms with van der Waals surface area (Å²) < 4.78 is 6.15. The summed E-state index contributed by atoms with van der Waals surface area (Å²) in [5, 5.41) is 12.1. The molecule has 0 spiro atoms. The van der Waals surface area contributed by atoms with Gasteiger partial charge in [-0.1, -0.05) is 15.9 Å². The van der Waals surface area contributed by atoms with Gasteiger partial charge in [-0.15, -0.1) is 0 Å². The highest BCUT2D eigenvalue weighted by Gasteiger charge is 2.42. The smallest absolute Gasteiger partial charge is 0.321 e. The molecular formula is C15H19BrN2O4. The molecule has 1 atom stereocenters. The molecule has 7 heteroatoms. The predicted molar refractivity (Wildman–Crippen MR) is 86.4 cm³/mol. The van der Waals surface area contributed by atoms with Gasteiger partial charge in [0.15, 0.2) is 0 Å². The third-order valence-corrected chi connectivity index (χ3v) is 4.45. The topological polar surface area (TPSA) is 78.9 Å². The third-order valence-electron chi connectivity index (χ3n) is 3.99. The molecule has 0 saturated carbocycles. The molecule has 0 aromatic heterocycles. The Hall–Kier alpha value is -1.76. The average Bonchev–Trinajstić information content (AvgIpc) is 2.85. The number of hydrogen-bond acceptors (Lipinski definition) is 3. The van der Waals surface area contributed by atoms with Crippen molar-refractivity contribution in [3.63, 3.8) is 0 Å². The molecular weight excluding hydrogens is 352 g/mol. The lowest BCUT2D eigenvalue weighted by Crippen LogP contribution is -2.37. The second-order valence-electron chi connectivity index (χ2n) is 5.77. The van der Waals surface area contributed by atoms with Gasteiger partial charge in [0.1, 0.15) is 5.75 Å². The number of methoxy groups -OCH3 is 1. The molecule has 1 aromatic rings. The summed E-state index contributed by atoms with van der Waals surface area (Å²) in [5.74, 6) is -0.319. The van der Waals surface area contributed by atoms with Crippen LogP contribution < -0.4 is 10.1 Å². The van der Waals surface area contributed by atoms with Gasteiger partial charge in [-0.25, -0.2) is 4.79 Å². The van der Waals surface area contributed by atoms with Crippen molar-refractivity contribution < 1.29 is 19.4 Å². The molecule has 1 unspecified atom stereocenters. The Labute approximate surface area is 137 Å². The van der Waals surface area contributed by atoms with E-state index in [9.17, 15) is 14.7 Å². The fourth-order valence-corrected chi connectivity index (χ4v) is 3.08. The van der Waals surface area contributed by atoms with Crippen molar-refractivity contribution in [1.82, 2.24) is 4.90 Å². The molecule has 1 saturated heterocycles. The Balaban J connectivity index is 2.16. The van der Waals surface area contributed by atoms with Gasteiger partial charge in [0.2, 0.25) is 0 Å². The highest BCUT2D eigenvalue weighted by atomic mass is 79.9. The summed E-state index contributed by atoms with van der Waals surface area (Å²) in [6.07, 6.45) is 0.451. The Morgan fingerprint density at radius 3 is 2.68 bits per heavy atom. The first-order valence-corrected chi connectivity index (χ1v) is 7.69. The Kier molecular flexibility index (Phi) is 4.65. The van der Waals surface area contributed by atoms with E-state index in [2.05, 4.69) is 21.2 Å². The normalized spacial score (nSPS) is 20.8. The van der Waals surface area contributed by atoms with E-state index in [1.165, 1.54) is 12.0 Å². The predicted octanol–water partition coefficient (Wildman–Crippen LogP) is 3.09. The average molecular weight is 371 g/mol. The van der Waals surface area contributed by atoms with Gasteiger partial charge >= 0.3 is 12.0 Å². The number of carboxylic acid groups (broad SMARTS) is 1. The van der Waals surface area contributed by atoms with Gasteiger partial charge in [-0.2, -0.15) is 0 Å². The number of nitrogens with one attached hydrogen (secondary N) is 1. The van der Waals surface area contributed by atoms with E-state index >= 15 is 0 Å². The van der Waals surface area contributed by atoms with E-state index in [4.69, 9.17) is 4.74 Å². The van der Waals surface area contributed by atoms with Crippen LogP contribution in [0.2, 0.25) is 0 Å². The van der Waals surface area contributed by atoms with Crippen molar-refractivity contribution in [3.05, 3.63) is 22.2 Å². The molecule has 2 N–H and O–H groups in total. The number of carbonyl (C=O) groups excluding carboxylic acids is 1. The molecule has 0 aliphatic carbocycles. The van der Waals surface area contributed by atoms with Crippen molar-refractivity contribution in [1.29, 1.82) is 0 Å². The van der Waals surface area contributed by atoms with Crippen LogP contribution in [0, 0.1) is 12.3 Å². The second-order valence-corrected chi connectivity index (χ2v) is 6.68. The number of aliphatic carboxylic acids is 1. The fraction of sp³-hybridized carbons (Fsp3) is 0.467. The van der Waals surface area contributed by atoms with E-state index in [1.807, 2.05) is 13.0 Å². The number of halogens is 1. The monoisotopic (exact) mass is 370 g/mol. The summed E-state index contributed by atoms with van der Waals surface area (Å²) in [5.41, 5.74) is 0.579.